The van der Waals surface area contributed by atoms with Gasteiger partial charge in [0.05, 0.1) is 16.3 Å². The van der Waals surface area contributed by atoms with E-state index >= 15 is 0 Å². The highest BCUT2D eigenvalue weighted by Crippen LogP contribution is 2.24. The van der Waals surface area contributed by atoms with Crippen molar-refractivity contribution >= 4 is 21.4 Å². The van der Waals surface area contributed by atoms with Crippen molar-refractivity contribution in [2.24, 2.45) is 0 Å². The van der Waals surface area contributed by atoms with Crippen LogP contribution >= 0.6 is 0 Å². The minimum atomic E-state index is -3.86. The van der Waals surface area contributed by atoms with Crippen molar-refractivity contribution in [2.45, 2.75) is 4.90 Å². The molecule has 0 spiro atoms. The van der Waals surface area contributed by atoms with Crippen molar-refractivity contribution in [2.75, 3.05) is 5.01 Å². The van der Waals surface area contributed by atoms with Gasteiger partial charge in [0.25, 0.3) is 10.0 Å². The van der Waals surface area contributed by atoms with Gasteiger partial charge in [-0.05, 0) is 48.5 Å². The number of hydrogen-bond donors (Lipinski definition) is 1. The highest BCUT2D eigenvalue weighted by atomic mass is 32.2. The molecule has 0 fully saturated rings. The first-order chi connectivity index (χ1) is 11.6. The van der Waals surface area contributed by atoms with Gasteiger partial charge in [-0.2, -0.15) is 0 Å². The molecule has 6 heteroatoms. The summed E-state index contributed by atoms with van der Waals surface area (Å²) in [7, 11) is -3.86. The molecule has 0 saturated heterocycles. The number of benzene rings is 3. The summed E-state index contributed by atoms with van der Waals surface area (Å²) < 4.78 is 38.3. The molecule has 0 aliphatic carbocycles. The van der Waals surface area contributed by atoms with Crippen LogP contribution in [0.1, 0.15) is 0 Å². The molecule has 0 heterocycles. The highest BCUT2D eigenvalue weighted by Gasteiger charge is 2.20. The van der Waals surface area contributed by atoms with Crippen molar-refractivity contribution in [3.63, 3.8) is 0 Å². The molecule has 0 amide bonds. The second-order valence-electron chi connectivity index (χ2n) is 5.06. The molecule has 122 valence electrons. The fourth-order valence-electron chi connectivity index (χ4n) is 2.20. The number of halogens is 1. The second-order valence-corrected chi connectivity index (χ2v) is 6.72. The van der Waals surface area contributed by atoms with Gasteiger partial charge in [-0.1, -0.05) is 36.4 Å². The normalized spacial score (nSPS) is 11.2. The molecule has 0 aliphatic heterocycles. The lowest BCUT2D eigenvalue weighted by molar-refractivity contribution is 0.581. The highest BCUT2D eigenvalue weighted by molar-refractivity contribution is 7.89. The number of hydrazine groups is 1. The fraction of sp³-hybridized carbons (Fsp3) is 0. The van der Waals surface area contributed by atoms with Gasteiger partial charge in [0, 0.05) is 0 Å². The Morgan fingerprint density at radius 1 is 0.708 bits per heavy atom. The fourth-order valence-corrected chi connectivity index (χ4v) is 3.25. The van der Waals surface area contributed by atoms with Gasteiger partial charge >= 0.3 is 0 Å². The number of anilines is 2. The summed E-state index contributed by atoms with van der Waals surface area (Å²) in [6.07, 6.45) is 0. The third kappa shape index (κ3) is 3.61. The van der Waals surface area contributed by atoms with Crippen molar-refractivity contribution in [1.82, 2.24) is 4.83 Å². The molecule has 0 aromatic heterocycles. The number of nitrogens with one attached hydrogen (secondary N) is 1. The molecule has 0 unspecified atom stereocenters. The van der Waals surface area contributed by atoms with Gasteiger partial charge in [0.1, 0.15) is 5.82 Å². The van der Waals surface area contributed by atoms with Crippen LogP contribution in [0.5, 0.6) is 0 Å². The van der Waals surface area contributed by atoms with E-state index in [1.807, 2.05) is 36.4 Å². The van der Waals surface area contributed by atoms with Crippen LogP contribution in [0, 0.1) is 5.82 Å². The lowest BCUT2D eigenvalue weighted by Crippen LogP contribution is -2.38. The van der Waals surface area contributed by atoms with Gasteiger partial charge in [0.15, 0.2) is 0 Å². The molecule has 0 radical (unpaired) electrons. The summed E-state index contributed by atoms with van der Waals surface area (Å²) in [6, 6.07) is 22.8. The molecule has 24 heavy (non-hydrogen) atoms. The van der Waals surface area contributed by atoms with Gasteiger partial charge in [-0.25, -0.2) is 12.8 Å². The third-order valence-electron chi connectivity index (χ3n) is 3.36. The molecule has 3 aromatic carbocycles. The van der Waals surface area contributed by atoms with E-state index in [1.54, 1.807) is 24.3 Å². The Morgan fingerprint density at radius 2 is 1.17 bits per heavy atom. The summed E-state index contributed by atoms with van der Waals surface area (Å²) in [4.78, 5) is 2.53. The average molecular weight is 342 g/mol. The van der Waals surface area contributed by atoms with Crippen molar-refractivity contribution in [3.05, 3.63) is 90.7 Å². The maximum Gasteiger partial charge on any atom is 0.257 e. The zero-order valence-corrected chi connectivity index (χ0v) is 13.4. The first-order valence-corrected chi connectivity index (χ1v) is 8.73. The molecular formula is C18H15FN2O2S. The molecule has 3 rings (SSSR count). The van der Waals surface area contributed by atoms with Gasteiger partial charge in [-0.3, -0.25) is 5.01 Å². The van der Waals surface area contributed by atoms with Crippen LogP contribution in [0.3, 0.4) is 0 Å². The number of sulfonamides is 1. The maximum absolute atomic E-state index is 13.0. The van der Waals surface area contributed by atoms with Crippen LogP contribution in [-0.4, -0.2) is 8.42 Å². The predicted octanol–water partition coefficient (Wildman–Crippen LogP) is 3.86. The first kappa shape index (κ1) is 16.2. The molecule has 1 N–H and O–H groups in total. The number of para-hydroxylation sites is 2. The molecule has 3 aromatic rings. The molecule has 0 atom stereocenters. The molecule has 0 saturated carbocycles. The summed E-state index contributed by atoms with van der Waals surface area (Å²) in [5.41, 5.74) is 1.32. The van der Waals surface area contributed by atoms with Gasteiger partial charge in [-0.15, -0.1) is 4.83 Å². The Kier molecular flexibility index (Phi) is 4.59. The van der Waals surface area contributed by atoms with Crippen LogP contribution in [0.2, 0.25) is 0 Å². The van der Waals surface area contributed by atoms with Crippen molar-refractivity contribution in [1.29, 1.82) is 0 Å². The Hall–Kier alpha value is -2.70. The van der Waals surface area contributed by atoms with Crippen LogP contribution in [0.4, 0.5) is 15.8 Å². The standard InChI is InChI=1S/C18H15FN2O2S/c19-15-11-13-18(14-12-15)24(22,23)20-21(16-7-3-1-4-8-16)17-9-5-2-6-10-17/h1-14,20H. The van der Waals surface area contributed by atoms with E-state index in [4.69, 9.17) is 0 Å². The van der Waals surface area contributed by atoms with E-state index in [2.05, 4.69) is 4.83 Å². The van der Waals surface area contributed by atoms with E-state index in [9.17, 15) is 12.8 Å². The number of rotatable bonds is 5. The second kappa shape index (κ2) is 6.82. The molecular weight excluding hydrogens is 327 g/mol. The van der Waals surface area contributed by atoms with E-state index in [0.717, 1.165) is 12.1 Å². The zero-order chi connectivity index (χ0) is 17.0. The Labute approximate surface area is 140 Å². The summed E-state index contributed by atoms with van der Waals surface area (Å²) in [6.45, 7) is 0. The summed E-state index contributed by atoms with van der Waals surface area (Å²) >= 11 is 0. The minimum Gasteiger partial charge on any atom is -0.263 e. The zero-order valence-electron chi connectivity index (χ0n) is 12.6. The van der Waals surface area contributed by atoms with Crippen molar-refractivity contribution in [3.8, 4) is 0 Å². The first-order valence-electron chi connectivity index (χ1n) is 7.24. The Bertz CT molecular complexity index is 859. The predicted molar refractivity (Wildman–Crippen MR) is 91.7 cm³/mol. The van der Waals surface area contributed by atoms with Crippen LogP contribution < -0.4 is 9.84 Å². The topological polar surface area (TPSA) is 49.4 Å². The van der Waals surface area contributed by atoms with Crippen LogP contribution in [0.25, 0.3) is 0 Å². The largest absolute Gasteiger partial charge is 0.263 e. The third-order valence-corrected chi connectivity index (χ3v) is 4.68. The maximum atomic E-state index is 13.0. The number of hydrogen-bond acceptors (Lipinski definition) is 3. The van der Waals surface area contributed by atoms with E-state index in [1.165, 1.54) is 17.1 Å². The van der Waals surface area contributed by atoms with Crippen LogP contribution in [-0.2, 0) is 10.0 Å². The molecule has 4 nitrogen and oxygen atoms in total. The van der Waals surface area contributed by atoms with E-state index in [-0.39, 0.29) is 4.90 Å². The molecule has 0 bridgehead atoms. The Balaban J connectivity index is 1.99. The molecule has 0 aliphatic rings. The quantitative estimate of drug-likeness (QED) is 0.717. The summed E-state index contributed by atoms with van der Waals surface area (Å²) in [5, 5.41) is 1.47. The number of nitrogens with zero attached hydrogens (tertiary/aromatic N) is 1. The van der Waals surface area contributed by atoms with Crippen molar-refractivity contribution < 1.29 is 12.8 Å². The van der Waals surface area contributed by atoms with E-state index in [0.29, 0.717) is 11.4 Å². The van der Waals surface area contributed by atoms with E-state index < -0.39 is 15.8 Å². The lowest BCUT2D eigenvalue weighted by Gasteiger charge is -2.25. The van der Waals surface area contributed by atoms with Gasteiger partial charge < -0.3 is 0 Å². The van der Waals surface area contributed by atoms with Gasteiger partial charge in [0.2, 0.25) is 0 Å². The summed E-state index contributed by atoms with van der Waals surface area (Å²) in [5.74, 6) is -0.489. The SMILES string of the molecule is O=S(=O)(NN(c1ccccc1)c1ccccc1)c1ccc(F)cc1. The smallest absolute Gasteiger partial charge is 0.257 e. The Morgan fingerprint density at radius 3 is 1.62 bits per heavy atom. The monoisotopic (exact) mass is 342 g/mol. The minimum absolute atomic E-state index is 0.0132. The lowest BCUT2D eigenvalue weighted by atomic mass is 10.2. The average Bonchev–Trinajstić information content (AvgIpc) is 2.62. The van der Waals surface area contributed by atoms with Crippen LogP contribution in [0.15, 0.2) is 89.8 Å².